The van der Waals surface area contributed by atoms with E-state index in [0.717, 1.165) is 51.7 Å². The molecule has 0 unspecified atom stereocenters. The number of carbonyl (C=O) groups excluding carboxylic acids is 1. The highest BCUT2D eigenvalue weighted by atomic mass is 16.7. The van der Waals surface area contributed by atoms with E-state index >= 15 is 0 Å². The summed E-state index contributed by atoms with van der Waals surface area (Å²) in [7, 11) is 0. The van der Waals surface area contributed by atoms with Gasteiger partial charge in [-0.05, 0) is 57.9 Å². The summed E-state index contributed by atoms with van der Waals surface area (Å²) in [4.78, 5) is 12.0. The van der Waals surface area contributed by atoms with Crippen molar-refractivity contribution in [1.29, 1.82) is 0 Å². The van der Waals surface area contributed by atoms with Crippen molar-refractivity contribution in [2.45, 2.75) is 76.8 Å². The molecule has 0 aromatic carbocycles. The Morgan fingerprint density at radius 2 is 1.74 bits per heavy atom. The zero-order valence-electron chi connectivity index (χ0n) is 16.3. The lowest BCUT2D eigenvalue weighted by atomic mass is 9.58. The Hall–Kier alpha value is -1.73. The highest BCUT2D eigenvalue weighted by Crippen LogP contribution is 2.55. The van der Waals surface area contributed by atoms with Crippen LogP contribution in [-0.2, 0) is 14.2 Å². The van der Waals surface area contributed by atoms with E-state index < -0.39 is 11.6 Å². The van der Waals surface area contributed by atoms with Crippen LogP contribution in [0, 0.1) is 5.41 Å². The topological polar surface area (TPSA) is 79.8 Å². The summed E-state index contributed by atoms with van der Waals surface area (Å²) in [5.41, 5.74) is -0.00677. The molecule has 0 atom stereocenters. The van der Waals surface area contributed by atoms with Gasteiger partial charge < -0.3 is 18.9 Å². The average molecular weight is 376 g/mol. The molecule has 3 fully saturated rings. The second-order valence-electron chi connectivity index (χ2n) is 9.01. The number of rotatable bonds is 3. The maximum Gasteiger partial charge on any atom is 0.359 e. The molecule has 2 heterocycles. The summed E-state index contributed by atoms with van der Waals surface area (Å²) in [6.07, 6.45) is 6.41. The van der Waals surface area contributed by atoms with E-state index in [0.29, 0.717) is 11.3 Å². The minimum Gasteiger partial charge on any atom is -0.473 e. The molecule has 0 radical (unpaired) electrons. The van der Waals surface area contributed by atoms with E-state index in [2.05, 4.69) is 10.2 Å². The van der Waals surface area contributed by atoms with Gasteiger partial charge in [-0.3, -0.25) is 0 Å². The molecule has 2 aliphatic carbocycles. The Morgan fingerprint density at radius 1 is 1.07 bits per heavy atom. The Labute approximate surface area is 159 Å². The molecule has 27 heavy (non-hydrogen) atoms. The Morgan fingerprint density at radius 3 is 2.30 bits per heavy atom. The molecule has 3 aliphatic rings. The summed E-state index contributed by atoms with van der Waals surface area (Å²) >= 11 is 0. The fraction of sp³-hybridized carbons (Fsp3) is 0.750. The summed E-state index contributed by atoms with van der Waals surface area (Å²) in [5.74, 6) is -0.325. The number of esters is 1. The molecule has 0 N–H and O–H groups in total. The summed E-state index contributed by atoms with van der Waals surface area (Å²) < 4.78 is 22.9. The van der Waals surface area contributed by atoms with Crippen molar-refractivity contribution < 1.29 is 23.7 Å². The first kappa shape index (κ1) is 18.6. The van der Waals surface area contributed by atoms with E-state index in [1.807, 2.05) is 20.8 Å². The van der Waals surface area contributed by atoms with Gasteiger partial charge >= 0.3 is 5.97 Å². The van der Waals surface area contributed by atoms with Gasteiger partial charge in [-0.25, -0.2) is 4.79 Å². The van der Waals surface area contributed by atoms with Crippen LogP contribution in [0.1, 0.15) is 69.8 Å². The van der Waals surface area contributed by atoms with Gasteiger partial charge in [-0.1, -0.05) is 0 Å². The van der Waals surface area contributed by atoms with Crippen LogP contribution in [-0.4, -0.2) is 46.9 Å². The lowest BCUT2D eigenvalue weighted by molar-refractivity contribution is -0.205. The van der Waals surface area contributed by atoms with E-state index in [-0.39, 0.29) is 17.6 Å². The number of hydrogen-bond acceptors (Lipinski definition) is 7. The molecule has 7 nitrogen and oxygen atoms in total. The van der Waals surface area contributed by atoms with Gasteiger partial charge in [-0.15, -0.1) is 10.2 Å². The van der Waals surface area contributed by atoms with Crippen molar-refractivity contribution in [3.63, 3.8) is 0 Å². The van der Waals surface area contributed by atoms with Crippen molar-refractivity contribution in [1.82, 2.24) is 10.2 Å². The van der Waals surface area contributed by atoms with Crippen LogP contribution < -0.4 is 4.74 Å². The monoisotopic (exact) mass is 376 g/mol. The van der Waals surface area contributed by atoms with Crippen molar-refractivity contribution in [3.05, 3.63) is 17.8 Å². The fourth-order valence-corrected chi connectivity index (χ4v) is 4.34. The highest BCUT2D eigenvalue weighted by Gasteiger charge is 2.52. The van der Waals surface area contributed by atoms with Gasteiger partial charge in [0, 0.05) is 18.9 Å². The molecule has 7 heteroatoms. The lowest BCUT2D eigenvalue weighted by Gasteiger charge is -2.52. The predicted octanol–water partition coefficient (Wildman–Crippen LogP) is 3.28. The third-order valence-corrected chi connectivity index (χ3v) is 5.74. The van der Waals surface area contributed by atoms with Gasteiger partial charge in [-0.2, -0.15) is 0 Å². The van der Waals surface area contributed by atoms with Crippen molar-refractivity contribution in [2.24, 2.45) is 5.41 Å². The number of hydrogen-bond donors (Lipinski definition) is 0. The number of ether oxygens (including phenoxy) is 4. The van der Waals surface area contributed by atoms with E-state index in [1.54, 1.807) is 12.1 Å². The molecule has 0 bridgehead atoms. The van der Waals surface area contributed by atoms with Crippen molar-refractivity contribution in [3.8, 4) is 5.88 Å². The Bertz CT molecular complexity index is 673. The van der Waals surface area contributed by atoms with Crippen LogP contribution >= 0.6 is 0 Å². The third kappa shape index (κ3) is 4.09. The second-order valence-corrected chi connectivity index (χ2v) is 9.01. The van der Waals surface area contributed by atoms with E-state index in [9.17, 15) is 4.79 Å². The van der Waals surface area contributed by atoms with Crippen LogP contribution in [0.3, 0.4) is 0 Å². The molecule has 2 spiro atoms. The quantitative estimate of drug-likeness (QED) is 0.749. The Kier molecular flexibility index (Phi) is 4.63. The summed E-state index contributed by atoms with van der Waals surface area (Å²) in [6, 6.07) is 3.29. The second kappa shape index (κ2) is 6.71. The zero-order chi connectivity index (χ0) is 19.1. The summed E-state index contributed by atoms with van der Waals surface area (Å²) in [5, 5.41) is 7.97. The van der Waals surface area contributed by atoms with Crippen LogP contribution in [0.2, 0.25) is 0 Å². The fourth-order valence-electron chi connectivity index (χ4n) is 4.34. The summed E-state index contributed by atoms with van der Waals surface area (Å²) in [6.45, 7) is 6.90. The molecule has 2 saturated carbocycles. The van der Waals surface area contributed by atoms with Gasteiger partial charge in [0.1, 0.15) is 11.7 Å². The standard InChI is InChI=1S/C20H28N2O5/c1-18(2,3)27-17(23)15-4-5-16(22-21-15)26-14-12-19(13-14)6-8-20(9-7-19)24-10-11-25-20/h4-5,14H,6-13H2,1-3H3. The molecule has 1 aromatic heterocycles. The maximum absolute atomic E-state index is 12.0. The van der Waals surface area contributed by atoms with Crippen molar-refractivity contribution in [2.75, 3.05) is 13.2 Å². The normalized spacial score (nSPS) is 24.0. The van der Waals surface area contributed by atoms with Crippen LogP contribution in [0.15, 0.2) is 12.1 Å². The van der Waals surface area contributed by atoms with E-state index in [1.165, 1.54) is 0 Å². The van der Waals surface area contributed by atoms with Gasteiger partial charge in [0.15, 0.2) is 11.5 Å². The lowest BCUT2D eigenvalue weighted by Crippen LogP contribution is -2.50. The molecular weight excluding hydrogens is 348 g/mol. The molecule has 4 rings (SSSR count). The van der Waals surface area contributed by atoms with E-state index in [4.69, 9.17) is 18.9 Å². The molecule has 1 aliphatic heterocycles. The largest absolute Gasteiger partial charge is 0.473 e. The van der Waals surface area contributed by atoms with Crippen LogP contribution in [0.4, 0.5) is 0 Å². The van der Waals surface area contributed by atoms with Crippen LogP contribution in [0.25, 0.3) is 0 Å². The molecule has 0 amide bonds. The smallest absolute Gasteiger partial charge is 0.359 e. The van der Waals surface area contributed by atoms with Gasteiger partial charge in [0.05, 0.1) is 13.2 Å². The van der Waals surface area contributed by atoms with Gasteiger partial charge in [0.25, 0.3) is 0 Å². The molecule has 148 valence electrons. The SMILES string of the molecule is CC(C)(C)OC(=O)c1ccc(OC2CC3(CCC4(CC3)OCCO4)C2)nn1. The highest BCUT2D eigenvalue weighted by molar-refractivity contribution is 5.87. The maximum atomic E-state index is 12.0. The van der Waals surface area contributed by atoms with Crippen LogP contribution in [0.5, 0.6) is 5.88 Å². The molecule has 1 saturated heterocycles. The first-order valence-electron chi connectivity index (χ1n) is 9.78. The third-order valence-electron chi connectivity index (χ3n) is 5.74. The van der Waals surface area contributed by atoms with Gasteiger partial charge in [0.2, 0.25) is 5.88 Å². The predicted molar refractivity (Wildman–Crippen MR) is 96.4 cm³/mol. The minimum absolute atomic E-state index is 0.158. The minimum atomic E-state index is -0.554. The first-order valence-corrected chi connectivity index (χ1v) is 9.78. The first-order chi connectivity index (χ1) is 12.8. The average Bonchev–Trinajstić information content (AvgIpc) is 3.03. The zero-order valence-corrected chi connectivity index (χ0v) is 16.3. The number of carbonyl (C=O) groups is 1. The molecular formula is C20H28N2O5. The van der Waals surface area contributed by atoms with Crippen molar-refractivity contribution >= 4 is 5.97 Å². The number of nitrogens with zero attached hydrogens (tertiary/aromatic N) is 2. The molecule has 1 aromatic rings. The Balaban J connectivity index is 1.26. The number of aromatic nitrogens is 2.